The molecule has 0 aromatic heterocycles. The summed E-state index contributed by atoms with van der Waals surface area (Å²) in [7, 11) is 1.99. The number of benzene rings is 1. The van der Waals surface area contributed by atoms with Gasteiger partial charge in [0.2, 0.25) is 0 Å². The molecule has 1 aliphatic rings. The number of ether oxygens (including phenoxy) is 1. The normalized spacial score (nSPS) is 13.7. The predicted molar refractivity (Wildman–Crippen MR) is 121 cm³/mol. The zero-order valence-electron chi connectivity index (χ0n) is 16.0. The third-order valence-electron chi connectivity index (χ3n) is 4.08. The van der Waals surface area contributed by atoms with Crippen molar-refractivity contribution in [1.29, 1.82) is 0 Å². The molecule has 0 radical (unpaired) electrons. The molecule has 1 aromatic rings. The van der Waals surface area contributed by atoms with Gasteiger partial charge in [-0.3, -0.25) is 9.79 Å². The maximum Gasteiger partial charge on any atom is 0.251 e. The van der Waals surface area contributed by atoms with Crippen LogP contribution in [0.5, 0.6) is 0 Å². The minimum Gasteiger partial charge on any atom is -0.379 e. The van der Waals surface area contributed by atoms with Gasteiger partial charge in [-0.25, -0.2) is 0 Å². The molecule has 0 unspecified atom stereocenters. The van der Waals surface area contributed by atoms with Crippen LogP contribution in [0.2, 0.25) is 5.02 Å². The number of halogens is 2. The van der Waals surface area contributed by atoms with Crippen molar-refractivity contribution < 1.29 is 9.53 Å². The van der Waals surface area contributed by atoms with Crippen LogP contribution in [0.15, 0.2) is 29.3 Å². The van der Waals surface area contributed by atoms with Crippen LogP contribution in [0.4, 0.5) is 0 Å². The van der Waals surface area contributed by atoms with Crippen molar-refractivity contribution in [2.75, 3.05) is 46.4 Å². The molecule has 0 bridgehead atoms. The first kappa shape index (κ1) is 24.0. The van der Waals surface area contributed by atoms with Gasteiger partial charge < -0.3 is 20.3 Å². The van der Waals surface area contributed by atoms with Gasteiger partial charge in [-0.1, -0.05) is 11.6 Å². The Hall–Kier alpha value is -1.06. The molecule has 1 aliphatic carbocycles. The molecule has 0 atom stereocenters. The number of guanidine groups is 1. The van der Waals surface area contributed by atoms with Gasteiger partial charge in [0.25, 0.3) is 5.91 Å². The summed E-state index contributed by atoms with van der Waals surface area (Å²) < 4.78 is 5.68. The summed E-state index contributed by atoms with van der Waals surface area (Å²) in [6.45, 7) is 6.18. The van der Waals surface area contributed by atoms with Crippen LogP contribution in [-0.4, -0.2) is 63.2 Å². The number of carbonyl (C=O) groups excluding carboxylic acids is 1. The number of hydrogen-bond acceptors (Lipinski definition) is 3. The first-order valence-corrected chi connectivity index (χ1v) is 9.59. The van der Waals surface area contributed by atoms with Gasteiger partial charge in [0, 0.05) is 43.9 Å². The summed E-state index contributed by atoms with van der Waals surface area (Å²) in [6, 6.07) is 6.83. The molecule has 0 heterocycles. The van der Waals surface area contributed by atoms with Crippen molar-refractivity contribution in [1.82, 2.24) is 15.5 Å². The quantitative estimate of drug-likeness (QED) is 0.221. The molecule has 152 valence electrons. The number of carbonyl (C=O) groups is 1. The van der Waals surface area contributed by atoms with E-state index >= 15 is 0 Å². The zero-order chi connectivity index (χ0) is 18.8. The molecule has 2 rings (SSSR count). The van der Waals surface area contributed by atoms with E-state index in [1.807, 2.05) is 14.0 Å². The van der Waals surface area contributed by atoms with Crippen LogP contribution in [0.25, 0.3) is 0 Å². The highest BCUT2D eigenvalue weighted by Gasteiger charge is 2.21. The van der Waals surface area contributed by atoms with E-state index in [-0.39, 0.29) is 29.9 Å². The number of nitrogens with one attached hydrogen (secondary N) is 2. The van der Waals surface area contributed by atoms with Gasteiger partial charge in [-0.05, 0) is 49.9 Å². The lowest BCUT2D eigenvalue weighted by Gasteiger charge is -2.22. The second kappa shape index (κ2) is 13.2. The summed E-state index contributed by atoms with van der Waals surface area (Å²) in [5.74, 6) is 1.48. The molecule has 1 saturated carbocycles. The van der Waals surface area contributed by atoms with E-state index in [1.165, 1.54) is 12.8 Å². The second-order valence-corrected chi connectivity index (χ2v) is 6.87. The van der Waals surface area contributed by atoms with Crippen molar-refractivity contribution in [3.05, 3.63) is 34.9 Å². The van der Waals surface area contributed by atoms with Crippen molar-refractivity contribution in [2.24, 2.45) is 10.9 Å². The van der Waals surface area contributed by atoms with Crippen molar-refractivity contribution in [3.63, 3.8) is 0 Å². The van der Waals surface area contributed by atoms with Gasteiger partial charge in [0.15, 0.2) is 5.96 Å². The smallest absolute Gasteiger partial charge is 0.251 e. The largest absolute Gasteiger partial charge is 0.379 e. The first-order valence-electron chi connectivity index (χ1n) is 9.21. The zero-order valence-corrected chi connectivity index (χ0v) is 19.1. The number of rotatable bonds is 10. The van der Waals surface area contributed by atoms with Crippen LogP contribution < -0.4 is 10.6 Å². The minimum atomic E-state index is -0.122. The minimum absolute atomic E-state index is 0. The fourth-order valence-electron chi connectivity index (χ4n) is 2.35. The molecule has 0 saturated heterocycles. The van der Waals surface area contributed by atoms with E-state index in [4.69, 9.17) is 16.3 Å². The van der Waals surface area contributed by atoms with Crippen LogP contribution >= 0.6 is 35.6 Å². The number of nitrogens with zero attached hydrogens (tertiary/aromatic N) is 2. The SMILES string of the molecule is CCNC(=NCCNC(=O)c1ccc(Cl)cc1)N(C)CCOCC1CC1.I. The van der Waals surface area contributed by atoms with Crippen LogP contribution in [0.3, 0.4) is 0 Å². The second-order valence-electron chi connectivity index (χ2n) is 6.44. The van der Waals surface area contributed by atoms with Crippen molar-refractivity contribution in [3.8, 4) is 0 Å². The Morgan fingerprint density at radius 3 is 2.63 bits per heavy atom. The van der Waals surface area contributed by atoms with Crippen molar-refractivity contribution >= 4 is 47.4 Å². The predicted octanol–water partition coefficient (Wildman–Crippen LogP) is 3.01. The molecule has 0 spiro atoms. The van der Waals surface area contributed by atoms with E-state index in [9.17, 15) is 4.79 Å². The molecular formula is C19H30ClIN4O2. The molecule has 1 amide bonds. The topological polar surface area (TPSA) is 66.0 Å². The number of aliphatic imine (C=N–C) groups is 1. The Balaban J connectivity index is 0.00000364. The van der Waals surface area contributed by atoms with Gasteiger partial charge in [-0.2, -0.15) is 0 Å². The lowest BCUT2D eigenvalue weighted by Crippen LogP contribution is -2.41. The van der Waals surface area contributed by atoms with E-state index < -0.39 is 0 Å². The summed E-state index contributed by atoms with van der Waals surface area (Å²) >= 11 is 5.83. The molecule has 6 nitrogen and oxygen atoms in total. The third-order valence-corrected chi connectivity index (χ3v) is 4.34. The fourth-order valence-corrected chi connectivity index (χ4v) is 2.47. The van der Waals surface area contributed by atoms with Gasteiger partial charge in [-0.15, -0.1) is 24.0 Å². The number of amides is 1. The standard InChI is InChI=1S/C19H29ClN4O2.HI/c1-3-21-19(24(2)12-13-26-14-15-4-5-15)23-11-10-22-18(25)16-6-8-17(20)9-7-16;/h6-9,15H,3-5,10-14H2,1-2H3,(H,21,23)(H,22,25);1H. The summed E-state index contributed by atoms with van der Waals surface area (Å²) in [4.78, 5) is 18.7. The molecule has 1 fully saturated rings. The van der Waals surface area contributed by atoms with E-state index in [1.54, 1.807) is 24.3 Å². The van der Waals surface area contributed by atoms with E-state index in [0.717, 1.165) is 31.6 Å². The maximum absolute atomic E-state index is 12.0. The maximum atomic E-state index is 12.0. The highest BCUT2D eigenvalue weighted by atomic mass is 127. The Labute approximate surface area is 184 Å². The van der Waals surface area contributed by atoms with Gasteiger partial charge >= 0.3 is 0 Å². The Morgan fingerprint density at radius 1 is 1.30 bits per heavy atom. The summed E-state index contributed by atoms with van der Waals surface area (Å²) in [5, 5.41) is 6.75. The average molecular weight is 509 g/mol. The third kappa shape index (κ3) is 9.62. The fraction of sp³-hybridized carbons (Fsp3) is 0.579. The summed E-state index contributed by atoms with van der Waals surface area (Å²) in [6.07, 6.45) is 2.61. The van der Waals surface area contributed by atoms with Crippen LogP contribution in [-0.2, 0) is 4.74 Å². The average Bonchev–Trinajstić information content (AvgIpc) is 3.46. The lowest BCUT2D eigenvalue weighted by molar-refractivity contribution is 0.0955. The Morgan fingerprint density at radius 2 is 2.00 bits per heavy atom. The van der Waals surface area contributed by atoms with Crippen LogP contribution in [0.1, 0.15) is 30.1 Å². The van der Waals surface area contributed by atoms with Gasteiger partial charge in [0.05, 0.1) is 13.2 Å². The van der Waals surface area contributed by atoms with Crippen LogP contribution in [0, 0.1) is 5.92 Å². The molecule has 27 heavy (non-hydrogen) atoms. The molecule has 8 heteroatoms. The Bertz CT molecular complexity index is 594. The summed E-state index contributed by atoms with van der Waals surface area (Å²) in [5.41, 5.74) is 0.593. The molecule has 0 aliphatic heterocycles. The van der Waals surface area contributed by atoms with E-state index in [0.29, 0.717) is 30.3 Å². The molecule has 1 aromatic carbocycles. The van der Waals surface area contributed by atoms with Gasteiger partial charge in [0.1, 0.15) is 0 Å². The highest BCUT2D eigenvalue weighted by molar-refractivity contribution is 14.0. The number of likely N-dealkylation sites (N-methyl/N-ethyl adjacent to an activating group) is 1. The Kier molecular flexibility index (Phi) is 11.7. The highest BCUT2D eigenvalue weighted by Crippen LogP contribution is 2.28. The molecular weight excluding hydrogens is 479 g/mol. The molecule has 2 N–H and O–H groups in total. The van der Waals surface area contributed by atoms with Crippen molar-refractivity contribution in [2.45, 2.75) is 19.8 Å². The lowest BCUT2D eigenvalue weighted by atomic mass is 10.2. The first-order chi connectivity index (χ1) is 12.6. The monoisotopic (exact) mass is 508 g/mol. The number of hydrogen-bond donors (Lipinski definition) is 2. The van der Waals surface area contributed by atoms with E-state index in [2.05, 4.69) is 20.5 Å².